The lowest BCUT2D eigenvalue weighted by Gasteiger charge is -2.38. The van der Waals surface area contributed by atoms with Crippen molar-refractivity contribution in [1.29, 1.82) is 0 Å². The Balaban J connectivity index is 1.84. The van der Waals surface area contributed by atoms with Crippen molar-refractivity contribution in [3.63, 3.8) is 0 Å². The van der Waals surface area contributed by atoms with Crippen molar-refractivity contribution in [2.24, 2.45) is 17.3 Å². The zero-order valence-electron chi connectivity index (χ0n) is 11.8. The molecule has 2 saturated carbocycles. The van der Waals surface area contributed by atoms with E-state index in [1.807, 2.05) is 0 Å². The van der Waals surface area contributed by atoms with Gasteiger partial charge in [-0.05, 0) is 55.8 Å². The molecule has 0 amide bonds. The Morgan fingerprint density at radius 2 is 1.29 bits per heavy atom. The number of hydrogen-bond donors (Lipinski definition) is 1. The zero-order chi connectivity index (χ0) is 12.3. The van der Waals surface area contributed by atoms with Gasteiger partial charge in [-0.1, -0.05) is 39.5 Å². The highest BCUT2D eigenvalue weighted by Gasteiger charge is 2.33. The molecular formula is C16H30O. The summed E-state index contributed by atoms with van der Waals surface area (Å²) in [5.41, 5.74) is 0.527. The Hall–Kier alpha value is -0.0400. The van der Waals surface area contributed by atoms with Gasteiger partial charge in [0.15, 0.2) is 0 Å². The fourth-order valence-corrected chi connectivity index (χ4v) is 3.80. The van der Waals surface area contributed by atoms with Crippen LogP contribution in [0.2, 0.25) is 0 Å². The van der Waals surface area contributed by atoms with E-state index in [0.29, 0.717) is 17.3 Å². The van der Waals surface area contributed by atoms with E-state index in [0.717, 1.165) is 0 Å². The molecule has 0 aromatic carbocycles. The van der Waals surface area contributed by atoms with Crippen LogP contribution in [0.25, 0.3) is 0 Å². The maximum absolute atomic E-state index is 10.6. The number of aliphatic hydroxyl groups is 1. The first-order chi connectivity index (χ1) is 8.08. The maximum Gasteiger partial charge on any atom is 0.0596 e. The Morgan fingerprint density at radius 3 is 1.82 bits per heavy atom. The molecule has 0 spiro atoms. The van der Waals surface area contributed by atoms with Crippen LogP contribution in [0, 0.1) is 17.3 Å². The van der Waals surface area contributed by atoms with Crippen molar-refractivity contribution in [2.45, 2.75) is 84.2 Å². The summed E-state index contributed by atoms with van der Waals surface area (Å²) in [6.07, 6.45) is 13.2. The van der Waals surface area contributed by atoms with Gasteiger partial charge < -0.3 is 5.11 Å². The molecule has 0 saturated heterocycles. The lowest BCUT2D eigenvalue weighted by atomic mass is 9.69. The van der Waals surface area contributed by atoms with Crippen LogP contribution in [-0.2, 0) is 0 Å². The maximum atomic E-state index is 10.6. The molecule has 100 valence electrons. The van der Waals surface area contributed by atoms with Crippen LogP contribution >= 0.6 is 0 Å². The first-order valence-electron chi connectivity index (χ1n) is 7.76. The Bertz CT molecular complexity index is 216. The van der Waals surface area contributed by atoms with Gasteiger partial charge in [-0.15, -0.1) is 0 Å². The van der Waals surface area contributed by atoms with Gasteiger partial charge in [-0.25, -0.2) is 0 Å². The molecule has 1 atom stereocenters. The second-order valence-corrected chi connectivity index (χ2v) is 7.24. The molecule has 1 nitrogen and oxygen atoms in total. The molecule has 0 aromatic heterocycles. The lowest BCUT2D eigenvalue weighted by Crippen LogP contribution is -2.34. The Labute approximate surface area is 107 Å². The summed E-state index contributed by atoms with van der Waals surface area (Å²) in [6, 6.07) is 0. The molecule has 2 fully saturated rings. The Kier molecular flexibility index (Phi) is 4.52. The van der Waals surface area contributed by atoms with Crippen molar-refractivity contribution in [2.75, 3.05) is 0 Å². The highest BCUT2D eigenvalue weighted by atomic mass is 16.3. The van der Waals surface area contributed by atoms with Gasteiger partial charge >= 0.3 is 0 Å². The minimum absolute atomic E-state index is 0.00389. The predicted molar refractivity (Wildman–Crippen MR) is 72.9 cm³/mol. The highest BCUT2D eigenvalue weighted by Crippen LogP contribution is 2.41. The third-order valence-electron chi connectivity index (χ3n) is 5.25. The quantitative estimate of drug-likeness (QED) is 0.701. The molecule has 0 radical (unpaired) electrons. The summed E-state index contributed by atoms with van der Waals surface area (Å²) in [5, 5.41) is 10.6. The van der Waals surface area contributed by atoms with E-state index < -0.39 is 0 Å². The first-order valence-corrected chi connectivity index (χ1v) is 7.76. The van der Waals surface area contributed by atoms with Crippen molar-refractivity contribution in [3.8, 4) is 0 Å². The minimum Gasteiger partial charge on any atom is -0.393 e. The second kappa shape index (κ2) is 5.73. The average Bonchev–Trinajstić information content (AvgIpc) is 2.56. The predicted octanol–water partition coefficient (Wildman–Crippen LogP) is 4.53. The summed E-state index contributed by atoms with van der Waals surface area (Å²) >= 11 is 0. The average molecular weight is 238 g/mol. The monoisotopic (exact) mass is 238 g/mol. The molecule has 1 heteroatoms. The fraction of sp³-hybridized carbons (Fsp3) is 1.00. The van der Waals surface area contributed by atoms with Crippen LogP contribution in [0.3, 0.4) is 0 Å². The van der Waals surface area contributed by atoms with Gasteiger partial charge in [0.2, 0.25) is 0 Å². The van der Waals surface area contributed by atoms with Crippen LogP contribution in [0.5, 0.6) is 0 Å². The summed E-state index contributed by atoms with van der Waals surface area (Å²) in [7, 11) is 0. The smallest absolute Gasteiger partial charge is 0.0596 e. The van der Waals surface area contributed by atoms with Crippen LogP contribution < -0.4 is 0 Å². The van der Waals surface area contributed by atoms with Crippen molar-refractivity contribution in [1.82, 2.24) is 0 Å². The third kappa shape index (κ3) is 3.71. The van der Waals surface area contributed by atoms with Crippen molar-refractivity contribution < 1.29 is 5.11 Å². The van der Waals surface area contributed by atoms with Gasteiger partial charge in [-0.3, -0.25) is 0 Å². The highest BCUT2D eigenvalue weighted by molar-refractivity contribution is 4.85. The number of rotatable bonds is 2. The van der Waals surface area contributed by atoms with E-state index in [4.69, 9.17) is 0 Å². The van der Waals surface area contributed by atoms with Crippen molar-refractivity contribution in [3.05, 3.63) is 0 Å². The largest absolute Gasteiger partial charge is 0.393 e. The van der Waals surface area contributed by atoms with E-state index in [2.05, 4.69) is 13.8 Å². The molecule has 1 unspecified atom stereocenters. The van der Waals surface area contributed by atoms with Crippen LogP contribution in [0.4, 0.5) is 0 Å². The number of aliphatic hydroxyl groups excluding tert-OH is 1. The molecular weight excluding hydrogens is 208 g/mol. The standard InChI is InChI=1S/C16H30O/c1-16(2)11-9-14(10-12-16)15(17)13-7-5-3-4-6-8-13/h13-15,17H,3-12H2,1-2H3. The normalized spacial score (nSPS) is 29.8. The molecule has 0 heterocycles. The molecule has 2 aliphatic rings. The van der Waals surface area contributed by atoms with E-state index >= 15 is 0 Å². The van der Waals surface area contributed by atoms with Gasteiger partial charge in [-0.2, -0.15) is 0 Å². The topological polar surface area (TPSA) is 20.2 Å². The summed E-state index contributed by atoms with van der Waals surface area (Å²) in [5.74, 6) is 1.22. The molecule has 0 bridgehead atoms. The van der Waals surface area contributed by atoms with E-state index in [1.165, 1.54) is 64.2 Å². The first kappa shape index (κ1) is 13.4. The Morgan fingerprint density at radius 1 is 0.824 bits per heavy atom. The SMILES string of the molecule is CC1(C)CCC(C(O)C2CCCCCC2)CC1. The molecule has 1 N–H and O–H groups in total. The summed E-state index contributed by atoms with van der Waals surface area (Å²) < 4.78 is 0. The van der Waals surface area contributed by atoms with E-state index in [-0.39, 0.29) is 6.10 Å². The molecule has 2 aliphatic carbocycles. The molecule has 0 aliphatic heterocycles. The van der Waals surface area contributed by atoms with Gasteiger partial charge in [0.25, 0.3) is 0 Å². The third-order valence-corrected chi connectivity index (χ3v) is 5.25. The number of hydrogen-bond acceptors (Lipinski definition) is 1. The van der Waals surface area contributed by atoms with E-state index in [9.17, 15) is 5.11 Å². The minimum atomic E-state index is 0.00389. The van der Waals surface area contributed by atoms with Crippen LogP contribution in [0.1, 0.15) is 78.1 Å². The molecule has 17 heavy (non-hydrogen) atoms. The van der Waals surface area contributed by atoms with Crippen LogP contribution in [-0.4, -0.2) is 11.2 Å². The van der Waals surface area contributed by atoms with Crippen molar-refractivity contribution >= 4 is 0 Å². The summed E-state index contributed by atoms with van der Waals surface area (Å²) in [4.78, 5) is 0. The van der Waals surface area contributed by atoms with E-state index in [1.54, 1.807) is 0 Å². The lowest BCUT2D eigenvalue weighted by molar-refractivity contribution is 0.0104. The van der Waals surface area contributed by atoms with Gasteiger partial charge in [0, 0.05) is 0 Å². The second-order valence-electron chi connectivity index (χ2n) is 7.24. The van der Waals surface area contributed by atoms with Crippen LogP contribution in [0.15, 0.2) is 0 Å². The molecule has 0 aromatic rings. The fourth-order valence-electron chi connectivity index (χ4n) is 3.80. The van der Waals surface area contributed by atoms with Gasteiger partial charge in [0.05, 0.1) is 6.10 Å². The molecule has 2 rings (SSSR count). The van der Waals surface area contributed by atoms with Gasteiger partial charge in [0.1, 0.15) is 0 Å². The zero-order valence-corrected chi connectivity index (χ0v) is 11.8. The summed E-state index contributed by atoms with van der Waals surface area (Å²) in [6.45, 7) is 4.75.